The van der Waals surface area contributed by atoms with E-state index in [0.29, 0.717) is 0 Å². The molecular weight excluding hydrogens is 242 g/mol. The molecule has 98 valence electrons. The second-order valence-corrected chi connectivity index (χ2v) is 6.63. The minimum Gasteiger partial charge on any atom is -0.311 e. The number of imidazole rings is 1. The zero-order chi connectivity index (χ0) is 12.5. The van der Waals surface area contributed by atoms with Gasteiger partial charge in [0.1, 0.15) is 0 Å². The third-order valence-corrected chi connectivity index (χ3v) is 4.84. The van der Waals surface area contributed by atoms with E-state index >= 15 is 0 Å². The summed E-state index contributed by atoms with van der Waals surface area (Å²) in [5.74, 6) is 0.901. The van der Waals surface area contributed by atoms with E-state index in [1.165, 1.54) is 41.9 Å². The van der Waals surface area contributed by atoms with Crippen molar-refractivity contribution in [1.29, 1.82) is 0 Å². The maximum absolute atomic E-state index is 4.63. The minimum atomic E-state index is 0.901. The molecule has 0 saturated heterocycles. The van der Waals surface area contributed by atoms with Crippen molar-refractivity contribution in [3.8, 4) is 0 Å². The van der Waals surface area contributed by atoms with Crippen LogP contribution in [0.5, 0.6) is 0 Å². The lowest BCUT2D eigenvalue weighted by atomic mass is 10.1. The lowest BCUT2D eigenvalue weighted by Crippen LogP contribution is -2.21. The molecule has 2 aromatic rings. The molecule has 0 spiro atoms. The molecule has 4 heteroatoms. The molecule has 0 atom stereocenters. The van der Waals surface area contributed by atoms with E-state index < -0.39 is 0 Å². The first kappa shape index (κ1) is 12.2. The number of aromatic nitrogens is 2. The number of nitrogens with zero attached hydrogens (tertiary/aromatic N) is 2. The second kappa shape index (κ2) is 5.02. The summed E-state index contributed by atoms with van der Waals surface area (Å²) in [7, 11) is 0. The second-order valence-electron chi connectivity index (χ2n) is 5.42. The Morgan fingerprint density at radius 2 is 2.17 bits per heavy atom. The Bertz CT molecular complexity index is 534. The maximum atomic E-state index is 4.63. The number of fused-ring (bicyclic) bond motifs is 1. The van der Waals surface area contributed by atoms with Crippen LogP contribution in [0.1, 0.15) is 41.9 Å². The van der Waals surface area contributed by atoms with Gasteiger partial charge in [-0.15, -0.1) is 11.3 Å². The topological polar surface area (TPSA) is 29.3 Å². The number of nitrogens with one attached hydrogen (secondary N) is 1. The van der Waals surface area contributed by atoms with Crippen molar-refractivity contribution >= 4 is 16.3 Å². The normalized spacial score (nSPS) is 17.0. The summed E-state index contributed by atoms with van der Waals surface area (Å²) in [6.07, 6.45) is 7.86. The highest BCUT2D eigenvalue weighted by molar-refractivity contribution is 7.17. The molecule has 0 amide bonds. The Balaban J connectivity index is 1.67. The van der Waals surface area contributed by atoms with Gasteiger partial charge in [0, 0.05) is 17.6 Å². The van der Waals surface area contributed by atoms with Crippen LogP contribution in [-0.4, -0.2) is 15.9 Å². The van der Waals surface area contributed by atoms with Crippen LogP contribution in [0.3, 0.4) is 0 Å². The van der Waals surface area contributed by atoms with E-state index in [0.717, 1.165) is 24.0 Å². The Kier molecular flexibility index (Phi) is 3.39. The number of thiazole rings is 1. The number of aryl methyl sites for hydroxylation is 2. The molecule has 0 radical (unpaired) electrons. The number of hydrogen-bond donors (Lipinski definition) is 1. The van der Waals surface area contributed by atoms with Gasteiger partial charge in [0.15, 0.2) is 4.96 Å². The summed E-state index contributed by atoms with van der Waals surface area (Å²) in [6, 6.07) is 0. The van der Waals surface area contributed by atoms with E-state index in [2.05, 4.69) is 34.7 Å². The molecule has 1 aliphatic carbocycles. The maximum Gasteiger partial charge on any atom is 0.194 e. The Morgan fingerprint density at radius 1 is 1.39 bits per heavy atom. The van der Waals surface area contributed by atoms with Gasteiger partial charge in [-0.3, -0.25) is 4.40 Å². The van der Waals surface area contributed by atoms with Crippen LogP contribution in [0.2, 0.25) is 0 Å². The SMILES string of the molecule is Cc1cn2c(CNCC3CCCC3)c(C)nc2s1. The highest BCUT2D eigenvalue weighted by Gasteiger charge is 2.15. The molecule has 0 unspecified atom stereocenters. The molecule has 2 aromatic heterocycles. The standard InChI is InChI=1S/C14H21N3S/c1-10-9-17-13(11(2)16-14(17)18-10)8-15-7-12-5-3-4-6-12/h9,12,15H,3-8H2,1-2H3. The van der Waals surface area contributed by atoms with Gasteiger partial charge in [-0.05, 0) is 39.2 Å². The third-order valence-electron chi connectivity index (χ3n) is 3.94. The van der Waals surface area contributed by atoms with Crippen molar-refractivity contribution in [1.82, 2.24) is 14.7 Å². The van der Waals surface area contributed by atoms with E-state index in [9.17, 15) is 0 Å². The molecule has 0 bridgehead atoms. The fraction of sp³-hybridized carbons (Fsp3) is 0.643. The van der Waals surface area contributed by atoms with Gasteiger partial charge in [-0.2, -0.15) is 0 Å². The van der Waals surface area contributed by atoms with Crippen molar-refractivity contribution in [2.45, 2.75) is 46.1 Å². The fourth-order valence-electron chi connectivity index (χ4n) is 2.93. The fourth-order valence-corrected chi connectivity index (χ4v) is 3.82. The quantitative estimate of drug-likeness (QED) is 0.917. The molecule has 3 rings (SSSR count). The van der Waals surface area contributed by atoms with Crippen molar-refractivity contribution in [2.24, 2.45) is 5.92 Å². The lowest BCUT2D eigenvalue weighted by Gasteiger charge is -2.10. The lowest BCUT2D eigenvalue weighted by molar-refractivity contribution is 0.486. The van der Waals surface area contributed by atoms with Crippen molar-refractivity contribution < 1.29 is 0 Å². The highest BCUT2D eigenvalue weighted by atomic mass is 32.1. The van der Waals surface area contributed by atoms with Crippen LogP contribution in [0.25, 0.3) is 4.96 Å². The first-order valence-electron chi connectivity index (χ1n) is 6.88. The van der Waals surface area contributed by atoms with E-state index in [1.807, 2.05) is 0 Å². The zero-order valence-electron chi connectivity index (χ0n) is 11.2. The molecule has 2 heterocycles. The summed E-state index contributed by atoms with van der Waals surface area (Å²) in [5.41, 5.74) is 2.49. The van der Waals surface area contributed by atoms with Gasteiger partial charge in [0.2, 0.25) is 0 Å². The van der Waals surface area contributed by atoms with Gasteiger partial charge in [-0.25, -0.2) is 4.98 Å². The van der Waals surface area contributed by atoms with E-state index in [1.54, 1.807) is 11.3 Å². The van der Waals surface area contributed by atoms with Gasteiger partial charge in [0.25, 0.3) is 0 Å². The first-order valence-corrected chi connectivity index (χ1v) is 7.70. The molecular formula is C14H21N3S. The van der Waals surface area contributed by atoms with E-state index in [-0.39, 0.29) is 0 Å². The largest absolute Gasteiger partial charge is 0.311 e. The van der Waals surface area contributed by atoms with Gasteiger partial charge >= 0.3 is 0 Å². The van der Waals surface area contributed by atoms with E-state index in [4.69, 9.17) is 0 Å². The average Bonchev–Trinajstić information content (AvgIpc) is 2.99. The Labute approximate surface area is 112 Å². The van der Waals surface area contributed by atoms with Crippen LogP contribution in [-0.2, 0) is 6.54 Å². The minimum absolute atomic E-state index is 0.901. The molecule has 0 aromatic carbocycles. The van der Waals surface area contributed by atoms with Gasteiger partial charge < -0.3 is 5.32 Å². The summed E-state index contributed by atoms with van der Waals surface area (Å²) in [4.78, 5) is 7.08. The number of hydrogen-bond acceptors (Lipinski definition) is 3. The van der Waals surface area contributed by atoms with Crippen molar-refractivity contribution in [3.63, 3.8) is 0 Å². The monoisotopic (exact) mass is 263 g/mol. The number of rotatable bonds is 4. The van der Waals surface area contributed by atoms with Crippen molar-refractivity contribution in [2.75, 3.05) is 6.54 Å². The van der Waals surface area contributed by atoms with Crippen molar-refractivity contribution in [3.05, 3.63) is 22.5 Å². The van der Waals surface area contributed by atoms with Gasteiger partial charge in [0.05, 0.1) is 11.4 Å². The predicted molar refractivity (Wildman–Crippen MR) is 76.2 cm³/mol. The van der Waals surface area contributed by atoms with Crippen LogP contribution >= 0.6 is 11.3 Å². The predicted octanol–water partition coefficient (Wildman–Crippen LogP) is 3.29. The van der Waals surface area contributed by atoms with Crippen LogP contribution in [0.15, 0.2) is 6.20 Å². The molecule has 18 heavy (non-hydrogen) atoms. The molecule has 3 nitrogen and oxygen atoms in total. The average molecular weight is 263 g/mol. The van der Waals surface area contributed by atoms with Crippen LogP contribution in [0, 0.1) is 19.8 Å². The molecule has 1 fully saturated rings. The zero-order valence-corrected chi connectivity index (χ0v) is 12.0. The summed E-state index contributed by atoms with van der Waals surface area (Å²) >= 11 is 1.77. The third kappa shape index (κ3) is 2.31. The van der Waals surface area contributed by atoms with Crippen LogP contribution in [0.4, 0.5) is 0 Å². The summed E-state index contributed by atoms with van der Waals surface area (Å²) in [6.45, 7) is 6.36. The molecule has 1 saturated carbocycles. The Hall–Kier alpha value is -0.870. The molecule has 1 N–H and O–H groups in total. The smallest absolute Gasteiger partial charge is 0.194 e. The van der Waals surface area contributed by atoms with Crippen LogP contribution < -0.4 is 5.32 Å². The molecule has 0 aliphatic heterocycles. The first-order chi connectivity index (χ1) is 8.74. The Morgan fingerprint density at radius 3 is 2.94 bits per heavy atom. The summed E-state index contributed by atoms with van der Waals surface area (Å²) in [5, 5.41) is 3.62. The van der Waals surface area contributed by atoms with Gasteiger partial charge in [-0.1, -0.05) is 12.8 Å². The summed E-state index contributed by atoms with van der Waals surface area (Å²) < 4.78 is 2.25. The molecule has 1 aliphatic rings. The highest BCUT2D eigenvalue weighted by Crippen LogP contribution is 2.24.